The fourth-order valence-corrected chi connectivity index (χ4v) is 4.36. The van der Waals surface area contributed by atoms with Crippen molar-refractivity contribution < 1.29 is 22.7 Å². The van der Waals surface area contributed by atoms with Gasteiger partial charge in [-0.2, -0.15) is 4.31 Å². The van der Waals surface area contributed by atoms with Crippen molar-refractivity contribution in [3.63, 3.8) is 0 Å². The Hall–Kier alpha value is -1.86. The van der Waals surface area contributed by atoms with Gasteiger partial charge in [0.05, 0.1) is 24.0 Å². The molecular formula is C18H25NO5S. The number of methoxy groups -OCH3 is 1. The monoisotopic (exact) mass is 367 g/mol. The van der Waals surface area contributed by atoms with Crippen LogP contribution in [0.3, 0.4) is 0 Å². The number of hydrogen-bond donors (Lipinski definition) is 0. The van der Waals surface area contributed by atoms with Gasteiger partial charge >= 0.3 is 5.97 Å². The van der Waals surface area contributed by atoms with Crippen LogP contribution in [0.15, 0.2) is 29.7 Å². The normalized spacial score (nSPS) is 16.6. The van der Waals surface area contributed by atoms with Crippen molar-refractivity contribution in [3.05, 3.63) is 30.3 Å². The molecule has 1 saturated heterocycles. The first-order chi connectivity index (χ1) is 11.8. The van der Waals surface area contributed by atoms with E-state index in [1.54, 1.807) is 24.3 Å². The molecule has 0 aromatic heterocycles. The van der Waals surface area contributed by atoms with Gasteiger partial charge in [0.1, 0.15) is 5.75 Å². The fraction of sp³-hybridized carbons (Fsp3) is 0.500. The molecule has 0 radical (unpaired) electrons. The summed E-state index contributed by atoms with van der Waals surface area (Å²) in [6.07, 6.45) is 2.50. The Morgan fingerprint density at radius 1 is 1.32 bits per heavy atom. The van der Waals surface area contributed by atoms with Gasteiger partial charge in [-0.05, 0) is 44.9 Å². The van der Waals surface area contributed by atoms with Crippen LogP contribution in [-0.2, 0) is 19.6 Å². The van der Waals surface area contributed by atoms with E-state index in [1.165, 1.54) is 11.4 Å². The van der Waals surface area contributed by atoms with Crippen LogP contribution in [0.25, 0.3) is 6.08 Å². The summed E-state index contributed by atoms with van der Waals surface area (Å²) in [5.41, 5.74) is 0.638. The molecule has 0 aliphatic carbocycles. The molecule has 1 aromatic rings. The van der Waals surface area contributed by atoms with Gasteiger partial charge in [-0.3, -0.25) is 4.79 Å². The number of esters is 1. The number of benzene rings is 1. The third-order valence-corrected chi connectivity index (χ3v) is 6.08. The molecule has 0 unspecified atom stereocenters. The molecule has 0 amide bonds. The fourth-order valence-electron chi connectivity index (χ4n) is 2.86. The third kappa shape index (κ3) is 4.41. The van der Waals surface area contributed by atoms with Crippen LogP contribution in [0.2, 0.25) is 0 Å². The molecule has 1 aliphatic rings. The van der Waals surface area contributed by atoms with Crippen molar-refractivity contribution in [2.24, 2.45) is 5.92 Å². The highest BCUT2D eigenvalue weighted by atomic mass is 32.2. The second kappa shape index (κ2) is 8.01. The average molecular weight is 367 g/mol. The molecule has 2 rings (SSSR count). The van der Waals surface area contributed by atoms with Crippen LogP contribution in [0.1, 0.15) is 32.3 Å². The molecule has 6 nitrogen and oxygen atoms in total. The lowest BCUT2D eigenvalue weighted by Gasteiger charge is -2.30. The van der Waals surface area contributed by atoms with E-state index in [4.69, 9.17) is 9.47 Å². The number of nitrogens with zero attached hydrogens (tertiary/aromatic N) is 1. The lowest BCUT2D eigenvalue weighted by atomic mass is 9.99. The Morgan fingerprint density at radius 3 is 2.48 bits per heavy atom. The maximum absolute atomic E-state index is 12.9. The van der Waals surface area contributed by atoms with Crippen LogP contribution >= 0.6 is 0 Å². The van der Waals surface area contributed by atoms with E-state index in [-0.39, 0.29) is 22.9 Å². The Kier molecular flexibility index (Phi) is 6.24. The van der Waals surface area contributed by atoms with Crippen LogP contribution in [0, 0.1) is 5.92 Å². The lowest BCUT2D eigenvalue weighted by Crippen LogP contribution is -2.40. The van der Waals surface area contributed by atoms with E-state index in [2.05, 4.69) is 6.58 Å². The first-order valence-electron chi connectivity index (χ1n) is 8.30. The highest BCUT2D eigenvalue weighted by molar-refractivity contribution is 7.89. The molecule has 0 saturated carbocycles. The minimum Gasteiger partial charge on any atom is -0.490 e. The second-order valence-electron chi connectivity index (χ2n) is 6.27. The topological polar surface area (TPSA) is 72.9 Å². The SMILES string of the molecule is C=Cc1cc(S(=O)(=O)N2CCC(C(=O)OC)CC2)ccc1OC(C)C. The van der Waals surface area contributed by atoms with Gasteiger partial charge in [-0.15, -0.1) is 0 Å². The summed E-state index contributed by atoms with van der Waals surface area (Å²) in [5.74, 6) is 0.0940. The molecule has 0 bridgehead atoms. The summed E-state index contributed by atoms with van der Waals surface area (Å²) in [7, 11) is -2.27. The van der Waals surface area contributed by atoms with Crippen LogP contribution < -0.4 is 4.74 Å². The molecule has 1 heterocycles. The summed E-state index contributed by atoms with van der Waals surface area (Å²) in [6.45, 7) is 8.15. The number of piperidine rings is 1. The van der Waals surface area contributed by atoms with Gasteiger partial charge in [0, 0.05) is 18.7 Å². The number of ether oxygens (including phenoxy) is 2. The van der Waals surface area contributed by atoms with Crippen molar-refractivity contribution in [1.29, 1.82) is 0 Å². The molecule has 0 N–H and O–H groups in total. The second-order valence-corrected chi connectivity index (χ2v) is 8.21. The molecule has 0 spiro atoms. The van der Waals surface area contributed by atoms with E-state index >= 15 is 0 Å². The van der Waals surface area contributed by atoms with Crippen molar-refractivity contribution in [2.45, 2.75) is 37.7 Å². The zero-order valence-electron chi connectivity index (χ0n) is 14.9. The summed E-state index contributed by atoms with van der Waals surface area (Å²) in [5, 5.41) is 0. The molecule has 1 aliphatic heterocycles. The first kappa shape index (κ1) is 19.5. The molecule has 0 atom stereocenters. The van der Waals surface area contributed by atoms with Crippen molar-refractivity contribution in [2.75, 3.05) is 20.2 Å². The molecule has 138 valence electrons. The molecule has 7 heteroatoms. The highest BCUT2D eigenvalue weighted by Gasteiger charge is 2.32. The van der Waals surface area contributed by atoms with Crippen LogP contribution in [0.5, 0.6) is 5.75 Å². The highest BCUT2D eigenvalue weighted by Crippen LogP contribution is 2.29. The Labute approximate surface area is 149 Å². The predicted molar refractivity (Wildman–Crippen MR) is 95.8 cm³/mol. The number of sulfonamides is 1. The first-order valence-corrected chi connectivity index (χ1v) is 9.74. The number of rotatable bonds is 6. The number of carbonyl (C=O) groups is 1. The van der Waals surface area contributed by atoms with E-state index in [1.807, 2.05) is 13.8 Å². The Balaban J connectivity index is 2.20. The van der Waals surface area contributed by atoms with Gasteiger partial charge in [-0.25, -0.2) is 8.42 Å². The van der Waals surface area contributed by atoms with Gasteiger partial charge in [-0.1, -0.05) is 12.7 Å². The summed E-state index contributed by atoms with van der Waals surface area (Å²) >= 11 is 0. The molecule has 25 heavy (non-hydrogen) atoms. The van der Waals surface area contributed by atoms with Crippen molar-refractivity contribution >= 4 is 22.1 Å². The van der Waals surface area contributed by atoms with E-state index in [9.17, 15) is 13.2 Å². The summed E-state index contributed by atoms with van der Waals surface area (Å²) in [6, 6.07) is 4.78. The van der Waals surface area contributed by atoms with Gasteiger partial charge in [0.25, 0.3) is 0 Å². The zero-order chi connectivity index (χ0) is 18.6. The maximum Gasteiger partial charge on any atom is 0.308 e. The number of carbonyl (C=O) groups excluding carboxylic acids is 1. The largest absolute Gasteiger partial charge is 0.490 e. The zero-order valence-corrected chi connectivity index (χ0v) is 15.7. The quantitative estimate of drug-likeness (QED) is 0.723. The maximum atomic E-state index is 12.9. The smallest absolute Gasteiger partial charge is 0.308 e. The van der Waals surface area contributed by atoms with E-state index < -0.39 is 10.0 Å². The van der Waals surface area contributed by atoms with E-state index in [0.717, 1.165) is 0 Å². The minimum absolute atomic E-state index is 0.0153. The van der Waals surface area contributed by atoms with Gasteiger partial charge < -0.3 is 9.47 Å². The average Bonchev–Trinajstić information content (AvgIpc) is 2.60. The summed E-state index contributed by atoms with van der Waals surface area (Å²) in [4.78, 5) is 11.8. The van der Waals surface area contributed by atoms with Crippen molar-refractivity contribution in [3.8, 4) is 5.75 Å². The third-order valence-electron chi connectivity index (χ3n) is 4.19. The van der Waals surface area contributed by atoms with E-state index in [0.29, 0.717) is 37.2 Å². The van der Waals surface area contributed by atoms with Gasteiger partial charge in [0.2, 0.25) is 10.0 Å². The van der Waals surface area contributed by atoms with Crippen LogP contribution in [-0.4, -0.2) is 45.0 Å². The lowest BCUT2D eigenvalue weighted by molar-refractivity contribution is -0.146. The minimum atomic E-state index is -3.62. The molecule has 1 aromatic carbocycles. The van der Waals surface area contributed by atoms with Gasteiger partial charge in [0.15, 0.2) is 0 Å². The van der Waals surface area contributed by atoms with Crippen LogP contribution in [0.4, 0.5) is 0 Å². The Morgan fingerprint density at radius 2 is 1.96 bits per heavy atom. The van der Waals surface area contributed by atoms with Crippen molar-refractivity contribution in [1.82, 2.24) is 4.31 Å². The standard InChI is InChI=1S/C18H25NO5S/c1-5-14-12-16(6-7-17(14)24-13(2)3)25(21,22)19-10-8-15(9-11-19)18(20)23-4/h5-7,12-13,15H,1,8-11H2,2-4H3. The predicted octanol–water partition coefficient (Wildman–Crippen LogP) is 2.69. The Bertz CT molecular complexity index is 734. The molecule has 1 fully saturated rings. The summed E-state index contributed by atoms with van der Waals surface area (Å²) < 4.78 is 37.6. The number of hydrogen-bond acceptors (Lipinski definition) is 5. The molecular weight excluding hydrogens is 342 g/mol.